The van der Waals surface area contributed by atoms with E-state index in [1.165, 1.54) is 0 Å². The Kier molecular flexibility index (Phi) is 4.38. The van der Waals surface area contributed by atoms with Gasteiger partial charge in [0.25, 0.3) is 5.56 Å². The van der Waals surface area contributed by atoms with Gasteiger partial charge in [0, 0.05) is 11.3 Å². The number of aromatic amines is 1. The molecule has 0 bridgehead atoms. The standard InChI is InChI=1S/C21H17NO5/c1-2-25-21(24)19-15(14-8-9-17-18(10-14)27-12-26-17)11-16(22-20(19)23)13-6-4-3-5-7-13/h3-11H,2,12H2,1H3,(H,22,23). The molecule has 0 amide bonds. The molecule has 1 aliphatic rings. The van der Waals surface area contributed by atoms with Crippen molar-refractivity contribution in [2.24, 2.45) is 0 Å². The van der Waals surface area contributed by atoms with E-state index in [-0.39, 0.29) is 19.0 Å². The number of rotatable bonds is 4. The number of carbonyl (C=O) groups excluding carboxylic acids is 1. The van der Waals surface area contributed by atoms with Gasteiger partial charge in [-0.05, 0) is 36.2 Å². The van der Waals surface area contributed by atoms with Crippen LogP contribution in [0.5, 0.6) is 11.5 Å². The molecule has 27 heavy (non-hydrogen) atoms. The highest BCUT2D eigenvalue weighted by molar-refractivity contribution is 5.98. The van der Waals surface area contributed by atoms with Crippen molar-refractivity contribution in [3.8, 4) is 33.9 Å². The van der Waals surface area contributed by atoms with Gasteiger partial charge in [0.15, 0.2) is 11.5 Å². The lowest BCUT2D eigenvalue weighted by atomic mass is 9.98. The van der Waals surface area contributed by atoms with Crippen molar-refractivity contribution in [2.75, 3.05) is 13.4 Å². The van der Waals surface area contributed by atoms with Crippen LogP contribution < -0.4 is 15.0 Å². The quantitative estimate of drug-likeness (QED) is 0.717. The summed E-state index contributed by atoms with van der Waals surface area (Å²) in [5.41, 5.74) is 2.08. The van der Waals surface area contributed by atoms with Gasteiger partial charge in [-0.15, -0.1) is 0 Å². The molecule has 4 rings (SSSR count). The van der Waals surface area contributed by atoms with E-state index in [0.29, 0.717) is 28.3 Å². The van der Waals surface area contributed by atoms with Gasteiger partial charge in [0.1, 0.15) is 5.56 Å². The molecule has 0 spiro atoms. The van der Waals surface area contributed by atoms with Gasteiger partial charge in [-0.3, -0.25) is 4.79 Å². The lowest BCUT2D eigenvalue weighted by Crippen LogP contribution is -2.21. The molecule has 1 aliphatic heterocycles. The van der Waals surface area contributed by atoms with Crippen molar-refractivity contribution < 1.29 is 19.0 Å². The van der Waals surface area contributed by atoms with Crippen molar-refractivity contribution in [2.45, 2.75) is 6.92 Å². The molecular formula is C21H17NO5. The van der Waals surface area contributed by atoms with Crippen LogP contribution in [0.3, 0.4) is 0 Å². The maximum Gasteiger partial charge on any atom is 0.344 e. The first-order valence-corrected chi connectivity index (χ1v) is 8.57. The average Bonchev–Trinajstić information content (AvgIpc) is 3.16. The van der Waals surface area contributed by atoms with Crippen molar-refractivity contribution in [1.82, 2.24) is 4.98 Å². The topological polar surface area (TPSA) is 77.6 Å². The summed E-state index contributed by atoms with van der Waals surface area (Å²) in [6.45, 7) is 2.03. The Balaban J connectivity index is 1.92. The van der Waals surface area contributed by atoms with Crippen molar-refractivity contribution in [3.63, 3.8) is 0 Å². The summed E-state index contributed by atoms with van der Waals surface area (Å²) in [6, 6.07) is 16.5. The molecule has 3 aromatic rings. The minimum atomic E-state index is -0.661. The third-order valence-corrected chi connectivity index (χ3v) is 4.28. The maximum absolute atomic E-state index is 12.7. The van der Waals surface area contributed by atoms with Crippen molar-refractivity contribution in [3.05, 3.63) is 70.5 Å². The predicted octanol–water partition coefficient (Wildman–Crippen LogP) is 3.61. The SMILES string of the molecule is CCOC(=O)c1c(-c2ccc3c(c2)OCO3)cc(-c2ccccc2)[nH]c1=O. The first-order chi connectivity index (χ1) is 13.2. The van der Waals surface area contributed by atoms with Crippen molar-refractivity contribution >= 4 is 5.97 Å². The first-order valence-electron chi connectivity index (χ1n) is 8.57. The summed E-state index contributed by atoms with van der Waals surface area (Å²) in [6.07, 6.45) is 0. The van der Waals surface area contributed by atoms with Gasteiger partial charge in [0.05, 0.1) is 6.61 Å². The van der Waals surface area contributed by atoms with Gasteiger partial charge in [0.2, 0.25) is 6.79 Å². The van der Waals surface area contributed by atoms with Crippen LogP contribution in [0.15, 0.2) is 59.4 Å². The van der Waals surface area contributed by atoms with Gasteiger partial charge in [-0.25, -0.2) is 4.79 Å². The number of fused-ring (bicyclic) bond motifs is 1. The summed E-state index contributed by atoms with van der Waals surface area (Å²) < 4.78 is 15.9. The number of carbonyl (C=O) groups is 1. The zero-order valence-corrected chi connectivity index (χ0v) is 14.7. The van der Waals surface area contributed by atoms with Crippen molar-refractivity contribution in [1.29, 1.82) is 0 Å². The number of hydrogen-bond donors (Lipinski definition) is 1. The Hall–Kier alpha value is -3.54. The normalized spacial score (nSPS) is 12.0. The minimum absolute atomic E-state index is 0.0320. The summed E-state index contributed by atoms with van der Waals surface area (Å²) in [7, 11) is 0. The third kappa shape index (κ3) is 3.17. The number of H-pyrrole nitrogens is 1. The molecule has 0 saturated carbocycles. The summed E-state index contributed by atoms with van der Waals surface area (Å²) in [4.78, 5) is 28.0. The number of nitrogens with one attached hydrogen (secondary N) is 1. The van der Waals surface area contributed by atoms with Crippen LogP contribution in [0.1, 0.15) is 17.3 Å². The smallest absolute Gasteiger partial charge is 0.344 e. The number of ether oxygens (including phenoxy) is 3. The molecule has 0 atom stereocenters. The summed E-state index contributed by atoms with van der Waals surface area (Å²) in [5, 5.41) is 0. The minimum Gasteiger partial charge on any atom is -0.462 e. The van der Waals surface area contributed by atoms with E-state index < -0.39 is 11.5 Å². The predicted molar refractivity (Wildman–Crippen MR) is 100 cm³/mol. The molecule has 1 aromatic heterocycles. The second-order valence-corrected chi connectivity index (χ2v) is 5.96. The lowest BCUT2D eigenvalue weighted by molar-refractivity contribution is 0.0525. The van der Waals surface area contributed by atoms with Crippen LogP contribution in [0.4, 0.5) is 0 Å². The number of pyridine rings is 1. The Morgan fingerprint density at radius 2 is 1.81 bits per heavy atom. The number of benzene rings is 2. The molecular weight excluding hydrogens is 346 g/mol. The molecule has 0 fully saturated rings. The Morgan fingerprint density at radius 1 is 1.04 bits per heavy atom. The highest BCUT2D eigenvalue weighted by atomic mass is 16.7. The highest BCUT2D eigenvalue weighted by Gasteiger charge is 2.22. The van der Waals surface area contributed by atoms with Crippen LogP contribution in [0, 0.1) is 0 Å². The lowest BCUT2D eigenvalue weighted by Gasteiger charge is -2.12. The molecule has 0 radical (unpaired) electrons. The van der Waals surface area contributed by atoms with Crippen LogP contribution in [-0.4, -0.2) is 24.4 Å². The average molecular weight is 363 g/mol. The summed E-state index contributed by atoms with van der Waals surface area (Å²) >= 11 is 0. The van der Waals surface area contributed by atoms with E-state index in [9.17, 15) is 9.59 Å². The highest BCUT2D eigenvalue weighted by Crippen LogP contribution is 2.37. The van der Waals surface area contributed by atoms with E-state index >= 15 is 0 Å². The van der Waals surface area contributed by atoms with Gasteiger partial charge >= 0.3 is 5.97 Å². The molecule has 2 aromatic carbocycles. The largest absolute Gasteiger partial charge is 0.462 e. The van der Waals surface area contributed by atoms with E-state index in [2.05, 4.69) is 4.98 Å². The summed E-state index contributed by atoms with van der Waals surface area (Å²) in [5.74, 6) is 0.541. The molecule has 136 valence electrons. The molecule has 0 saturated heterocycles. The fourth-order valence-electron chi connectivity index (χ4n) is 3.03. The number of aromatic nitrogens is 1. The van der Waals surface area contributed by atoms with E-state index in [1.807, 2.05) is 30.3 Å². The molecule has 1 N–H and O–H groups in total. The van der Waals surface area contributed by atoms with Gasteiger partial charge < -0.3 is 19.2 Å². The Morgan fingerprint density at radius 3 is 2.59 bits per heavy atom. The van der Waals surface area contributed by atoms with Crippen LogP contribution in [-0.2, 0) is 4.74 Å². The molecule has 6 nitrogen and oxygen atoms in total. The zero-order valence-electron chi connectivity index (χ0n) is 14.7. The van der Waals surface area contributed by atoms with E-state index in [4.69, 9.17) is 14.2 Å². The fraction of sp³-hybridized carbons (Fsp3) is 0.143. The van der Waals surface area contributed by atoms with Crippen LogP contribution in [0.2, 0.25) is 0 Å². The van der Waals surface area contributed by atoms with Gasteiger partial charge in [-0.1, -0.05) is 36.4 Å². The second-order valence-electron chi connectivity index (χ2n) is 5.96. The molecule has 2 heterocycles. The first kappa shape index (κ1) is 16.9. The second kappa shape index (κ2) is 6.99. The Labute approximate surface area is 155 Å². The molecule has 6 heteroatoms. The molecule has 0 unspecified atom stereocenters. The van der Waals surface area contributed by atoms with Crippen LogP contribution in [0.25, 0.3) is 22.4 Å². The van der Waals surface area contributed by atoms with Gasteiger partial charge in [-0.2, -0.15) is 0 Å². The maximum atomic E-state index is 12.7. The molecule has 0 aliphatic carbocycles. The third-order valence-electron chi connectivity index (χ3n) is 4.28. The van der Waals surface area contributed by atoms with Crippen LogP contribution >= 0.6 is 0 Å². The van der Waals surface area contributed by atoms with E-state index in [1.54, 1.807) is 31.2 Å². The zero-order chi connectivity index (χ0) is 18.8. The number of esters is 1. The van der Waals surface area contributed by atoms with E-state index in [0.717, 1.165) is 5.56 Å². The fourth-order valence-corrected chi connectivity index (χ4v) is 3.03. The number of hydrogen-bond acceptors (Lipinski definition) is 5. The Bertz CT molecular complexity index is 1060. The monoisotopic (exact) mass is 363 g/mol.